The van der Waals surface area contributed by atoms with Crippen LogP contribution >= 0.6 is 0 Å². The Morgan fingerprint density at radius 2 is 2.08 bits per heavy atom. The molecule has 0 saturated heterocycles. The van der Waals surface area contributed by atoms with Crippen LogP contribution in [0.1, 0.15) is 19.3 Å². The summed E-state index contributed by atoms with van der Waals surface area (Å²) in [5.41, 5.74) is 0. The Labute approximate surface area is 75.8 Å². The second-order valence-corrected chi connectivity index (χ2v) is 3.50. The highest BCUT2D eigenvalue weighted by molar-refractivity contribution is 4.84. The molecule has 3 N–H and O–H groups in total. The molecular weight excluding hydrogens is 180 g/mol. The summed E-state index contributed by atoms with van der Waals surface area (Å²) in [7, 11) is 0. The lowest BCUT2D eigenvalue weighted by Gasteiger charge is -2.20. The van der Waals surface area contributed by atoms with E-state index in [2.05, 4.69) is 5.32 Å². The smallest absolute Gasteiger partial charge is 0.282 e. The lowest BCUT2D eigenvalue weighted by molar-refractivity contribution is -0.0513. The molecular formula is C8H15F2NO2. The number of hydrogen-bond acceptors (Lipinski definition) is 3. The number of alkyl halides is 2. The first-order chi connectivity index (χ1) is 6.05. The summed E-state index contributed by atoms with van der Waals surface area (Å²) >= 11 is 0. The zero-order valence-corrected chi connectivity index (χ0v) is 7.34. The summed E-state index contributed by atoms with van der Waals surface area (Å²) in [4.78, 5) is 0. The minimum atomic E-state index is -3.08. The van der Waals surface area contributed by atoms with Crippen LogP contribution < -0.4 is 5.32 Å². The monoisotopic (exact) mass is 195 g/mol. The minimum absolute atomic E-state index is 0.238. The second kappa shape index (κ2) is 4.30. The number of nitrogens with one attached hydrogen (secondary N) is 1. The minimum Gasteiger partial charge on any atom is -0.392 e. The standard InChI is InChI=1S/C8H15F2NO2/c9-8(10,5-12)4-11-6-2-1-3-7(6)13/h6-7,11-13H,1-5H2/t6-,7-/m0/s1. The molecule has 0 heterocycles. The van der Waals surface area contributed by atoms with Crippen LogP contribution in [0.25, 0.3) is 0 Å². The number of aliphatic hydroxyl groups excluding tert-OH is 2. The summed E-state index contributed by atoms with van der Waals surface area (Å²) < 4.78 is 25.1. The van der Waals surface area contributed by atoms with Crippen LogP contribution in [0.3, 0.4) is 0 Å². The molecule has 3 nitrogen and oxygen atoms in total. The lowest BCUT2D eigenvalue weighted by Crippen LogP contribution is -2.44. The van der Waals surface area contributed by atoms with Crippen molar-refractivity contribution in [3.8, 4) is 0 Å². The van der Waals surface area contributed by atoms with E-state index in [1.54, 1.807) is 0 Å². The van der Waals surface area contributed by atoms with Gasteiger partial charge in [-0.05, 0) is 19.3 Å². The molecule has 0 aromatic rings. The van der Waals surface area contributed by atoms with Gasteiger partial charge >= 0.3 is 0 Å². The predicted octanol–water partition coefficient (Wildman–Crippen LogP) is 0.117. The molecule has 0 radical (unpaired) electrons. The fraction of sp³-hybridized carbons (Fsp3) is 1.00. The molecule has 1 aliphatic rings. The van der Waals surface area contributed by atoms with Crippen LogP contribution in [0.5, 0.6) is 0 Å². The first-order valence-corrected chi connectivity index (χ1v) is 4.45. The molecule has 1 fully saturated rings. The summed E-state index contributed by atoms with van der Waals surface area (Å²) in [5, 5.41) is 20.1. The maximum absolute atomic E-state index is 12.5. The van der Waals surface area contributed by atoms with E-state index in [-0.39, 0.29) is 6.04 Å². The molecule has 1 saturated carbocycles. The van der Waals surface area contributed by atoms with Crippen molar-refractivity contribution < 1.29 is 19.0 Å². The van der Waals surface area contributed by atoms with Crippen molar-refractivity contribution in [1.82, 2.24) is 5.32 Å². The van der Waals surface area contributed by atoms with Gasteiger partial charge in [0.2, 0.25) is 0 Å². The van der Waals surface area contributed by atoms with Gasteiger partial charge in [0.1, 0.15) is 6.61 Å². The number of hydrogen-bond donors (Lipinski definition) is 3. The van der Waals surface area contributed by atoms with E-state index in [1.807, 2.05) is 0 Å². The highest BCUT2D eigenvalue weighted by Gasteiger charge is 2.31. The zero-order valence-electron chi connectivity index (χ0n) is 7.34. The Morgan fingerprint density at radius 3 is 2.54 bits per heavy atom. The van der Waals surface area contributed by atoms with Gasteiger partial charge in [0.05, 0.1) is 12.6 Å². The van der Waals surface area contributed by atoms with E-state index in [0.717, 1.165) is 12.8 Å². The normalized spacial score (nSPS) is 29.5. The third-order valence-electron chi connectivity index (χ3n) is 2.33. The van der Waals surface area contributed by atoms with Gasteiger partial charge in [-0.1, -0.05) is 0 Å². The first kappa shape index (κ1) is 10.8. The van der Waals surface area contributed by atoms with Crippen molar-refractivity contribution in [2.45, 2.75) is 37.3 Å². The molecule has 0 spiro atoms. The maximum atomic E-state index is 12.5. The maximum Gasteiger partial charge on any atom is 0.282 e. The highest BCUT2D eigenvalue weighted by atomic mass is 19.3. The van der Waals surface area contributed by atoms with Gasteiger partial charge in [0.25, 0.3) is 5.92 Å². The van der Waals surface area contributed by atoms with E-state index in [0.29, 0.717) is 6.42 Å². The van der Waals surface area contributed by atoms with E-state index >= 15 is 0 Å². The van der Waals surface area contributed by atoms with Crippen LogP contribution in [-0.2, 0) is 0 Å². The molecule has 1 rings (SSSR count). The van der Waals surface area contributed by atoms with E-state index < -0.39 is 25.2 Å². The number of halogens is 2. The zero-order chi connectivity index (χ0) is 9.90. The third kappa shape index (κ3) is 3.17. The second-order valence-electron chi connectivity index (χ2n) is 3.50. The number of rotatable bonds is 4. The summed E-state index contributed by atoms with van der Waals surface area (Å²) in [6, 6.07) is -0.238. The quantitative estimate of drug-likeness (QED) is 0.597. The molecule has 0 aliphatic heterocycles. The Bertz CT molecular complexity index is 166. The van der Waals surface area contributed by atoms with Crippen LogP contribution in [0, 0.1) is 0 Å². The fourth-order valence-corrected chi connectivity index (χ4v) is 1.51. The van der Waals surface area contributed by atoms with Crippen molar-refractivity contribution in [3.05, 3.63) is 0 Å². The molecule has 1 aliphatic carbocycles. The van der Waals surface area contributed by atoms with E-state index in [9.17, 15) is 13.9 Å². The lowest BCUT2D eigenvalue weighted by atomic mass is 10.2. The van der Waals surface area contributed by atoms with Crippen molar-refractivity contribution in [2.24, 2.45) is 0 Å². The first-order valence-electron chi connectivity index (χ1n) is 4.45. The van der Waals surface area contributed by atoms with Crippen LogP contribution in [0.4, 0.5) is 8.78 Å². The van der Waals surface area contributed by atoms with Crippen molar-refractivity contribution >= 4 is 0 Å². The largest absolute Gasteiger partial charge is 0.392 e. The molecule has 13 heavy (non-hydrogen) atoms. The van der Waals surface area contributed by atoms with Crippen LogP contribution in [0.2, 0.25) is 0 Å². The van der Waals surface area contributed by atoms with Crippen molar-refractivity contribution in [3.63, 3.8) is 0 Å². The van der Waals surface area contributed by atoms with Gasteiger partial charge < -0.3 is 15.5 Å². The topological polar surface area (TPSA) is 52.5 Å². The van der Waals surface area contributed by atoms with Crippen LogP contribution in [0.15, 0.2) is 0 Å². The average Bonchev–Trinajstić information content (AvgIpc) is 2.48. The summed E-state index contributed by atoms with van der Waals surface area (Å²) in [6.45, 7) is -1.71. The Kier molecular flexibility index (Phi) is 3.58. The van der Waals surface area contributed by atoms with Gasteiger partial charge in [-0.2, -0.15) is 0 Å². The average molecular weight is 195 g/mol. The Balaban J connectivity index is 2.25. The molecule has 78 valence electrons. The highest BCUT2D eigenvalue weighted by Crippen LogP contribution is 2.20. The summed E-state index contributed by atoms with van der Waals surface area (Å²) in [6.07, 6.45) is 1.74. The van der Waals surface area contributed by atoms with E-state index in [4.69, 9.17) is 5.11 Å². The molecule has 0 aromatic heterocycles. The molecule has 0 aromatic carbocycles. The van der Waals surface area contributed by atoms with Gasteiger partial charge in [0, 0.05) is 6.04 Å². The molecule has 5 heteroatoms. The van der Waals surface area contributed by atoms with Crippen molar-refractivity contribution in [2.75, 3.05) is 13.2 Å². The van der Waals surface area contributed by atoms with Crippen LogP contribution in [-0.4, -0.2) is 41.4 Å². The molecule has 0 amide bonds. The van der Waals surface area contributed by atoms with E-state index in [1.165, 1.54) is 0 Å². The molecule has 0 unspecified atom stereocenters. The van der Waals surface area contributed by atoms with Gasteiger partial charge in [-0.3, -0.25) is 0 Å². The Morgan fingerprint density at radius 1 is 1.38 bits per heavy atom. The van der Waals surface area contributed by atoms with Gasteiger partial charge in [0.15, 0.2) is 0 Å². The molecule has 0 bridgehead atoms. The molecule has 2 atom stereocenters. The fourth-order valence-electron chi connectivity index (χ4n) is 1.51. The van der Waals surface area contributed by atoms with Crippen molar-refractivity contribution in [1.29, 1.82) is 0 Å². The predicted molar refractivity (Wildman–Crippen MR) is 43.7 cm³/mol. The van der Waals surface area contributed by atoms with Gasteiger partial charge in [-0.15, -0.1) is 0 Å². The van der Waals surface area contributed by atoms with Gasteiger partial charge in [-0.25, -0.2) is 8.78 Å². The number of aliphatic hydroxyl groups is 2. The summed E-state index contributed by atoms with van der Waals surface area (Å²) in [5.74, 6) is -3.08. The SMILES string of the molecule is OCC(F)(F)CN[C@H]1CCC[C@@H]1O. The Hall–Kier alpha value is -0.260. The third-order valence-corrected chi connectivity index (χ3v) is 2.33.